The first-order valence-electron chi connectivity index (χ1n) is 23.3. The zero-order valence-corrected chi connectivity index (χ0v) is 49.8. The molecule has 0 radical (unpaired) electrons. The van der Waals surface area contributed by atoms with Gasteiger partial charge in [0.15, 0.2) is 37.6 Å². The second-order valence-corrected chi connectivity index (χ2v) is 27.5. The van der Waals surface area contributed by atoms with Crippen LogP contribution in [0.15, 0.2) is 0 Å². The van der Waals surface area contributed by atoms with Crippen LogP contribution in [0.4, 0.5) is 0 Å². The van der Waals surface area contributed by atoms with Crippen molar-refractivity contribution in [2.45, 2.75) is 167 Å². The van der Waals surface area contributed by atoms with Crippen LogP contribution in [0.1, 0.15) is 13.8 Å². The van der Waals surface area contributed by atoms with Gasteiger partial charge in [-0.3, -0.25) is 36.4 Å². The van der Waals surface area contributed by atoms with Gasteiger partial charge in [-0.05, 0) is 13.8 Å². The van der Waals surface area contributed by atoms with Gasteiger partial charge >= 0.3 is 82.9 Å². The van der Waals surface area contributed by atoms with Gasteiger partial charge in [0.25, 0.3) is 0 Å². The summed E-state index contributed by atoms with van der Waals surface area (Å²) in [7, 11) is -44.5. The number of aliphatic hydroxyl groups excluding tert-OH is 6. The van der Waals surface area contributed by atoms with E-state index in [1.54, 1.807) is 0 Å². The second-order valence-electron chi connectivity index (χ2n) is 18.6. The van der Waals surface area contributed by atoms with E-state index in [0.717, 1.165) is 21.0 Å². The maximum atomic E-state index is 12.6. The third kappa shape index (κ3) is 22.5. The van der Waals surface area contributed by atoms with E-state index in [1.807, 2.05) is 0 Å². The Labute approximate surface area is 491 Å². The molecular weight excluding hydrogens is 1390 g/mol. The Morgan fingerprint density at radius 2 is 0.690 bits per heavy atom. The lowest BCUT2D eigenvalue weighted by molar-refractivity contribution is -0.374. The van der Waals surface area contributed by atoms with E-state index in [2.05, 4.69) is 20.9 Å². The second kappa shape index (κ2) is 28.9. The molecule has 0 aromatic heterocycles. The van der Waals surface area contributed by atoms with Crippen molar-refractivity contribution < 1.29 is 203 Å². The van der Waals surface area contributed by atoms with Crippen molar-refractivity contribution in [1.82, 2.24) is 14.2 Å². The summed E-state index contributed by atoms with van der Waals surface area (Å²) in [6.45, 7) is -2.80. The molecule has 56 heteroatoms. The van der Waals surface area contributed by atoms with Gasteiger partial charge in [0.05, 0.1) is 32.0 Å². The highest BCUT2D eigenvalue weighted by Gasteiger charge is 2.59. The first kappa shape index (κ1) is 76.0. The summed E-state index contributed by atoms with van der Waals surface area (Å²) < 4.78 is 349. The third-order valence-corrected chi connectivity index (χ3v) is 16.4. The molecule has 0 spiro atoms. The molecule has 48 nitrogen and oxygen atoms in total. The largest absolute Gasteiger partial charge is 0.397 e. The van der Waals surface area contributed by atoms with E-state index in [4.69, 9.17) is 51.9 Å². The molecule has 5 aliphatic rings. The SMILES string of the molecule is CO[C@@H]1OC(COS(=O)(=O)O)[C@@H](O[C@@H]2OC(C)[C@H](O[C@@H]3OC(COS(=O)(=O)O)[C@@H](O[C@@H]4OC(C)[C@@H](O[C@@H]5OC(COS(=O)(=O)O)[C@@H](O)[C@H](O)C5NS(=O)(=O)O)[C@H](O)C4O)[C@H](OS(=O)(=O)O)C3NS(=O)(=O)O)[C@@H](O)C2OS(=O)(=O)O)[C@H](O)C1NS(=O)(=O)O. The Hall–Kier alpha value is -1.68. The molecule has 5 rings (SSSR count). The molecule has 514 valence electrons. The lowest BCUT2D eigenvalue weighted by Crippen LogP contribution is -2.70. The predicted octanol–water partition coefficient (Wildman–Crippen LogP) is -11.9. The fourth-order valence-corrected chi connectivity index (χ4v) is 12.7. The van der Waals surface area contributed by atoms with Gasteiger partial charge in [0.1, 0.15) is 104 Å². The van der Waals surface area contributed by atoms with E-state index in [9.17, 15) is 130 Å². The van der Waals surface area contributed by atoms with E-state index in [-0.39, 0.29) is 0 Å². The molecule has 5 fully saturated rings. The summed E-state index contributed by atoms with van der Waals surface area (Å²) in [5.74, 6) is 0. The summed E-state index contributed by atoms with van der Waals surface area (Å²) in [5, 5.41) is 67.2. The third-order valence-electron chi connectivity index (χ3n) is 12.4. The Balaban J connectivity index is 1.53. The molecule has 0 bridgehead atoms. The standard InChI is InChI=1S/C31H57N3O45S8/c1-7-21(74-28-12(32-80(41,42)43)16(36)15(35)9(71-28)4-66-83(50,51)52)18(38)19(39)30(69-7)77-24-11(6-68-85(56,57)58)73-29(14(34-82(47,48)49)25(24)78-86(59,60)61)75-22-8(2)70-31(26(20(22)40)79-87(62,63)64)76-23-10(5-67-84(53,54)55)72-27(65-3)13(17(23)37)33-81(44,45)46/h7-40H,4-6H2,1-3H3,(H,41,42,43)(H,44,45,46)(H,47,48,49)(H,50,51,52)(H,53,54,55)(H,56,57,58)(H,59,60,61)(H,62,63,64)/t7?,8?,9?,10?,11?,12?,13?,14?,15-,16-,17-,18-,19?,20-,21-,22+,23-,24-,25-,26?,27-,28+,29+,30+,31+/m1/s1. The molecule has 0 aromatic carbocycles. The van der Waals surface area contributed by atoms with E-state index in [0.29, 0.717) is 0 Å². The lowest BCUT2D eigenvalue weighted by atomic mass is 9.94. The molecule has 0 saturated carbocycles. The normalized spacial score (nSPS) is 40.0. The maximum absolute atomic E-state index is 12.6. The number of rotatable bonds is 28. The van der Waals surface area contributed by atoms with Gasteiger partial charge < -0.3 is 78.0 Å². The number of aliphatic hydroxyl groups is 6. The van der Waals surface area contributed by atoms with Crippen molar-refractivity contribution >= 4 is 82.9 Å². The zero-order valence-electron chi connectivity index (χ0n) is 43.2. The van der Waals surface area contributed by atoms with Crippen molar-refractivity contribution in [2.24, 2.45) is 0 Å². The van der Waals surface area contributed by atoms with Gasteiger partial charge in [-0.25, -0.2) is 20.9 Å². The smallest absolute Gasteiger partial charge is 0.388 e. The van der Waals surface area contributed by atoms with Crippen molar-refractivity contribution in [3.05, 3.63) is 0 Å². The van der Waals surface area contributed by atoms with Crippen LogP contribution in [-0.2, 0) is 151 Å². The molecule has 25 atom stereocenters. The summed E-state index contributed by atoms with van der Waals surface area (Å²) in [5.41, 5.74) is 0. The molecule has 87 heavy (non-hydrogen) atoms. The van der Waals surface area contributed by atoms with Gasteiger partial charge in [-0.15, -0.1) is 0 Å². The Kier molecular flexibility index (Phi) is 25.3. The number of nitrogens with one attached hydrogen (secondary N) is 3. The molecule has 0 amide bonds. The van der Waals surface area contributed by atoms with Crippen LogP contribution in [-0.4, -0.2) is 315 Å². The van der Waals surface area contributed by atoms with Crippen molar-refractivity contribution in [2.75, 3.05) is 26.9 Å². The fraction of sp³-hybridized carbons (Fsp3) is 1.00. The molecule has 10 unspecified atom stereocenters. The first-order valence-corrected chi connectivity index (χ1v) is 34.4. The Morgan fingerprint density at radius 1 is 0.333 bits per heavy atom. The number of methoxy groups -OCH3 is 1. The Morgan fingerprint density at radius 3 is 1.14 bits per heavy atom. The zero-order chi connectivity index (χ0) is 66.3. The molecule has 0 aromatic rings. The van der Waals surface area contributed by atoms with Gasteiger partial charge in [-0.1, -0.05) is 0 Å². The summed E-state index contributed by atoms with van der Waals surface area (Å²) in [6, 6.07) is -7.46. The van der Waals surface area contributed by atoms with Crippen molar-refractivity contribution in [3.63, 3.8) is 0 Å². The fourth-order valence-electron chi connectivity index (χ4n) is 8.99. The number of hydrogen-bond acceptors (Lipinski definition) is 37. The van der Waals surface area contributed by atoms with Crippen LogP contribution in [0.3, 0.4) is 0 Å². The molecule has 17 N–H and O–H groups in total. The van der Waals surface area contributed by atoms with Crippen LogP contribution >= 0.6 is 0 Å². The highest BCUT2D eigenvalue weighted by atomic mass is 32.3. The molecule has 5 aliphatic heterocycles. The summed E-state index contributed by atoms with van der Waals surface area (Å²) >= 11 is 0. The first-order chi connectivity index (χ1) is 39.3. The molecule has 5 saturated heterocycles. The minimum absolute atomic E-state index is 0.813. The highest BCUT2D eigenvalue weighted by Crippen LogP contribution is 2.38. The van der Waals surface area contributed by atoms with E-state index in [1.165, 1.54) is 14.2 Å². The molecular formula is C31H57N3O45S8. The average molecular weight is 1450 g/mol. The van der Waals surface area contributed by atoms with Gasteiger partial charge in [0, 0.05) is 7.11 Å². The quantitative estimate of drug-likeness (QED) is 0.0324. The Bertz CT molecular complexity index is 3270. The van der Waals surface area contributed by atoms with Gasteiger partial charge in [-0.2, -0.15) is 81.5 Å². The van der Waals surface area contributed by atoms with Crippen molar-refractivity contribution in [3.8, 4) is 0 Å². The van der Waals surface area contributed by atoms with E-state index < -0.39 is 256 Å². The summed E-state index contributed by atoms with van der Waals surface area (Å²) in [4.78, 5) is 0. The summed E-state index contributed by atoms with van der Waals surface area (Å²) in [6.07, 6.45) is -54.6. The molecule has 0 aliphatic carbocycles. The number of ether oxygens (including phenoxy) is 10. The topological polar surface area (TPSA) is 731 Å². The number of hydrogen-bond donors (Lipinski definition) is 17. The van der Waals surface area contributed by atoms with E-state index >= 15 is 0 Å². The highest BCUT2D eigenvalue weighted by molar-refractivity contribution is 7.84. The minimum Gasteiger partial charge on any atom is -0.388 e. The average Bonchev–Trinajstić information content (AvgIpc) is 0.928. The van der Waals surface area contributed by atoms with Crippen LogP contribution < -0.4 is 14.2 Å². The van der Waals surface area contributed by atoms with Gasteiger partial charge in [0.2, 0.25) is 0 Å². The minimum atomic E-state index is -6.14. The van der Waals surface area contributed by atoms with Crippen molar-refractivity contribution in [1.29, 1.82) is 0 Å². The van der Waals surface area contributed by atoms with Crippen LogP contribution in [0.2, 0.25) is 0 Å². The monoisotopic (exact) mass is 1450 g/mol. The maximum Gasteiger partial charge on any atom is 0.397 e. The molecule has 5 heterocycles. The lowest BCUT2D eigenvalue weighted by Gasteiger charge is -2.50. The predicted molar refractivity (Wildman–Crippen MR) is 258 cm³/mol. The van der Waals surface area contributed by atoms with Crippen LogP contribution in [0.5, 0.6) is 0 Å². The van der Waals surface area contributed by atoms with Crippen LogP contribution in [0, 0.1) is 0 Å². The van der Waals surface area contributed by atoms with Crippen LogP contribution in [0.25, 0.3) is 0 Å².